The Labute approximate surface area is 174 Å². The summed E-state index contributed by atoms with van der Waals surface area (Å²) in [7, 11) is -1.80. The fourth-order valence-corrected chi connectivity index (χ4v) is 5.67. The quantitative estimate of drug-likeness (QED) is 0.745. The number of rotatable bonds is 7. The molecule has 0 aliphatic carbocycles. The number of nitrogens with one attached hydrogen (secondary N) is 1. The van der Waals surface area contributed by atoms with Crippen LogP contribution in [0, 0.1) is 20.8 Å². The predicted molar refractivity (Wildman–Crippen MR) is 117 cm³/mol. The molecule has 1 atom stereocenters. The zero-order valence-electron chi connectivity index (χ0n) is 18.1. The number of hydrogen-bond donors (Lipinski definition) is 1. The van der Waals surface area contributed by atoms with Gasteiger partial charge in [-0.1, -0.05) is 12.1 Å². The summed E-state index contributed by atoms with van der Waals surface area (Å²) in [6.45, 7) is 12.4. The van der Waals surface area contributed by atoms with Gasteiger partial charge in [0.2, 0.25) is 10.0 Å². The van der Waals surface area contributed by atoms with Crippen LogP contribution in [-0.4, -0.2) is 61.9 Å². The summed E-state index contributed by atoms with van der Waals surface area (Å²) >= 11 is 0. The maximum absolute atomic E-state index is 12.8. The number of aryl methyl sites for hydroxylation is 3. The molecule has 1 fully saturated rings. The first kappa shape index (κ1) is 21.8. The molecule has 1 aromatic carbocycles. The van der Waals surface area contributed by atoms with Gasteiger partial charge in [-0.25, -0.2) is 13.1 Å². The second-order valence-corrected chi connectivity index (χ2v) is 9.75. The standard InChI is InChI=1S/C21H33N5O2S/c1-16-7-6-8-20(15-16)26-13-11-25(12-14-26)10-9-17(2)23-29(27,28)21-18(3)22-24(5)19(21)4/h6-8,15,17,23H,9-14H2,1-5H3. The number of benzene rings is 1. The summed E-state index contributed by atoms with van der Waals surface area (Å²) in [5.41, 5.74) is 3.77. The van der Waals surface area contributed by atoms with E-state index >= 15 is 0 Å². The molecule has 0 spiro atoms. The van der Waals surface area contributed by atoms with Crippen molar-refractivity contribution in [2.45, 2.75) is 45.1 Å². The van der Waals surface area contributed by atoms with Crippen LogP contribution in [0.4, 0.5) is 5.69 Å². The van der Waals surface area contributed by atoms with E-state index in [4.69, 9.17) is 0 Å². The van der Waals surface area contributed by atoms with Crippen molar-refractivity contribution in [3.63, 3.8) is 0 Å². The van der Waals surface area contributed by atoms with E-state index in [0.717, 1.165) is 39.1 Å². The average Bonchev–Trinajstić information content (AvgIpc) is 2.92. The molecule has 1 aromatic heterocycles. The maximum atomic E-state index is 12.8. The van der Waals surface area contributed by atoms with Gasteiger partial charge in [-0.3, -0.25) is 9.58 Å². The zero-order valence-corrected chi connectivity index (χ0v) is 19.0. The van der Waals surface area contributed by atoms with E-state index in [1.807, 2.05) is 6.92 Å². The smallest absolute Gasteiger partial charge is 0.244 e. The van der Waals surface area contributed by atoms with Crippen molar-refractivity contribution in [3.8, 4) is 0 Å². The average molecular weight is 420 g/mol. The fraction of sp³-hybridized carbons (Fsp3) is 0.571. The van der Waals surface area contributed by atoms with Crippen molar-refractivity contribution in [1.29, 1.82) is 0 Å². The molecule has 3 rings (SSSR count). The minimum atomic E-state index is -3.56. The molecule has 1 aliphatic rings. The number of nitrogens with zero attached hydrogens (tertiary/aromatic N) is 4. The molecule has 1 unspecified atom stereocenters. The molecule has 0 radical (unpaired) electrons. The third-order valence-electron chi connectivity index (χ3n) is 5.69. The SMILES string of the molecule is Cc1cccc(N2CCN(CCC(C)NS(=O)(=O)c3c(C)nn(C)c3C)CC2)c1. The van der Waals surface area contributed by atoms with E-state index in [-0.39, 0.29) is 6.04 Å². The van der Waals surface area contributed by atoms with Gasteiger partial charge in [0.05, 0.1) is 11.4 Å². The third-order valence-corrected chi connectivity index (χ3v) is 7.53. The lowest BCUT2D eigenvalue weighted by Crippen LogP contribution is -2.47. The monoisotopic (exact) mass is 419 g/mol. The molecule has 1 saturated heterocycles. The van der Waals surface area contributed by atoms with E-state index in [1.54, 1.807) is 25.6 Å². The van der Waals surface area contributed by atoms with Gasteiger partial charge in [0.1, 0.15) is 4.90 Å². The molecule has 2 heterocycles. The van der Waals surface area contributed by atoms with Gasteiger partial charge in [-0.15, -0.1) is 0 Å². The van der Waals surface area contributed by atoms with E-state index in [1.165, 1.54) is 11.3 Å². The fourth-order valence-electron chi connectivity index (χ4n) is 3.96. The van der Waals surface area contributed by atoms with Crippen molar-refractivity contribution < 1.29 is 8.42 Å². The van der Waals surface area contributed by atoms with Gasteiger partial charge in [0.15, 0.2) is 0 Å². The van der Waals surface area contributed by atoms with Gasteiger partial charge in [0, 0.05) is 45.0 Å². The normalized spacial score (nSPS) is 16.9. The van der Waals surface area contributed by atoms with Gasteiger partial charge < -0.3 is 4.90 Å². The van der Waals surface area contributed by atoms with E-state index in [0.29, 0.717) is 16.3 Å². The molecule has 0 bridgehead atoms. The third kappa shape index (κ3) is 5.18. The Balaban J connectivity index is 1.49. The van der Waals surface area contributed by atoms with Crippen LogP contribution in [0.15, 0.2) is 29.2 Å². The number of piperazine rings is 1. The molecule has 29 heavy (non-hydrogen) atoms. The van der Waals surface area contributed by atoms with Crippen molar-refractivity contribution >= 4 is 15.7 Å². The van der Waals surface area contributed by atoms with Crippen LogP contribution < -0.4 is 9.62 Å². The summed E-state index contributed by atoms with van der Waals surface area (Å²) in [6, 6.07) is 8.50. The molecule has 8 heteroatoms. The lowest BCUT2D eigenvalue weighted by Gasteiger charge is -2.36. The molecular formula is C21H33N5O2S. The minimum absolute atomic E-state index is 0.131. The minimum Gasteiger partial charge on any atom is -0.369 e. The van der Waals surface area contributed by atoms with E-state index in [9.17, 15) is 8.42 Å². The highest BCUT2D eigenvalue weighted by Gasteiger charge is 2.26. The lowest BCUT2D eigenvalue weighted by atomic mass is 10.2. The summed E-state index contributed by atoms with van der Waals surface area (Å²) in [5.74, 6) is 0. The Kier molecular flexibility index (Phi) is 6.65. The Morgan fingerprint density at radius 2 is 1.83 bits per heavy atom. The molecule has 1 aliphatic heterocycles. The van der Waals surface area contributed by atoms with Gasteiger partial charge in [-0.2, -0.15) is 5.10 Å². The number of aromatic nitrogens is 2. The highest BCUT2D eigenvalue weighted by Crippen LogP contribution is 2.20. The summed E-state index contributed by atoms with van der Waals surface area (Å²) in [5, 5.41) is 4.23. The van der Waals surface area contributed by atoms with Crippen LogP contribution in [-0.2, 0) is 17.1 Å². The number of hydrogen-bond acceptors (Lipinski definition) is 5. The van der Waals surface area contributed by atoms with Crippen LogP contribution >= 0.6 is 0 Å². The summed E-state index contributed by atoms with van der Waals surface area (Å²) in [4.78, 5) is 5.14. The van der Waals surface area contributed by atoms with E-state index < -0.39 is 10.0 Å². The number of anilines is 1. The van der Waals surface area contributed by atoms with E-state index in [2.05, 4.69) is 50.8 Å². The van der Waals surface area contributed by atoms with Crippen LogP contribution in [0.25, 0.3) is 0 Å². The molecule has 0 amide bonds. The first-order valence-electron chi connectivity index (χ1n) is 10.2. The Hall–Kier alpha value is -1.90. The van der Waals surface area contributed by atoms with Gasteiger partial charge in [-0.05, 0) is 58.4 Å². The predicted octanol–water partition coefficient (Wildman–Crippen LogP) is 2.22. The number of sulfonamides is 1. The van der Waals surface area contributed by atoms with Crippen molar-refractivity contribution in [2.24, 2.45) is 7.05 Å². The Morgan fingerprint density at radius 3 is 2.41 bits per heavy atom. The lowest BCUT2D eigenvalue weighted by molar-refractivity contribution is 0.248. The largest absolute Gasteiger partial charge is 0.369 e. The molecule has 0 saturated carbocycles. The van der Waals surface area contributed by atoms with Crippen LogP contribution in [0.1, 0.15) is 30.3 Å². The highest BCUT2D eigenvalue weighted by molar-refractivity contribution is 7.89. The second-order valence-electron chi connectivity index (χ2n) is 8.10. The summed E-state index contributed by atoms with van der Waals surface area (Å²) < 4.78 is 30.0. The van der Waals surface area contributed by atoms with Gasteiger partial charge >= 0.3 is 0 Å². The van der Waals surface area contributed by atoms with Crippen molar-refractivity contribution in [3.05, 3.63) is 41.2 Å². The Bertz CT molecular complexity index is 946. The van der Waals surface area contributed by atoms with Crippen molar-refractivity contribution in [2.75, 3.05) is 37.6 Å². The zero-order chi connectivity index (χ0) is 21.2. The molecule has 160 valence electrons. The first-order chi connectivity index (χ1) is 13.7. The topological polar surface area (TPSA) is 70.5 Å². The van der Waals surface area contributed by atoms with Crippen LogP contribution in [0.2, 0.25) is 0 Å². The van der Waals surface area contributed by atoms with Crippen molar-refractivity contribution in [1.82, 2.24) is 19.4 Å². The second kappa shape index (κ2) is 8.85. The maximum Gasteiger partial charge on any atom is 0.244 e. The van der Waals surface area contributed by atoms with Crippen LogP contribution in [0.3, 0.4) is 0 Å². The molecule has 1 N–H and O–H groups in total. The van der Waals surface area contributed by atoms with Crippen LogP contribution in [0.5, 0.6) is 0 Å². The highest BCUT2D eigenvalue weighted by atomic mass is 32.2. The summed E-state index contributed by atoms with van der Waals surface area (Å²) in [6.07, 6.45) is 0.780. The first-order valence-corrected chi connectivity index (χ1v) is 11.7. The molecule has 7 nitrogen and oxygen atoms in total. The molecular weight excluding hydrogens is 386 g/mol. The molecule has 2 aromatic rings. The van der Waals surface area contributed by atoms with Gasteiger partial charge in [0.25, 0.3) is 0 Å². The Morgan fingerprint density at radius 1 is 1.14 bits per heavy atom.